The number of methoxy groups -OCH3 is 1. The van der Waals surface area contributed by atoms with E-state index in [-0.39, 0.29) is 16.7 Å². The molecule has 1 amide bonds. The summed E-state index contributed by atoms with van der Waals surface area (Å²) in [6, 6.07) is 13.3. The number of halogens is 1. The second-order valence-electron chi connectivity index (χ2n) is 4.82. The molecule has 1 heterocycles. The lowest BCUT2D eigenvalue weighted by molar-refractivity contribution is -0.113. The van der Waals surface area contributed by atoms with Crippen LogP contribution in [-0.4, -0.2) is 18.1 Å². The van der Waals surface area contributed by atoms with Crippen LogP contribution in [0.2, 0.25) is 0 Å². The van der Waals surface area contributed by atoms with Gasteiger partial charge in [0.2, 0.25) is 0 Å². The van der Waals surface area contributed by atoms with E-state index in [1.165, 1.54) is 24.2 Å². The first-order valence-corrected chi connectivity index (χ1v) is 7.27. The van der Waals surface area contributed by atoms with Crippen LogP contribution >= 0.6 is 12.2 Å². The predicted molar refractivity (Wildman–Crippen MR) is 90.6 cm³/mol. The molecule has 23 heavy (non-hydrogen) atoms. The molecule has 1 saturated heterocycles. The largest absolute Gasteiger partial charge is 0.495 e. The van der Waals surface area contributed by atoms with Crippen LogP contribution in [0.15, 0.2) is 54.2 Å². The Hall–Kier alpha value is -2.73. The molecule has 6 heteroatoms. The fraction of sp³-hybridized carbons (Fsp3) is 0.0588. The van der Waals surface area contributed by atoms with Crippen molar-refractivity contribution in [2.75, 3.05) is 12.0 Å². The van der Waals surface area contributed by atoms with Crippen LogP contribution in [0.5, 0.6) is 5.75 Å². The van der Waals surface area contributed by atoms with Gasteiger partial charge in [-0.15, -0.1) is 0 Å². The Balaban J connectivity index is 1.99. The van der Waals surface area contributed by atoms with E-state index in [2.05, 4.69) is 5.32 Å². The van der Waals surface area contributed by atoms with Gasteiger partial charge in [-0.2, -0.15) is 0 Å². The number of anilines is 1. The van der Waals surface area contributed by atoms with Crippen LogP contribution in [0, 0.1) is 5.82 Å². The molecule has 0 radical (unpaired) electrons. The van der Waals surface area contributed by atoms with Crippen LogP contribution in [0.1, 0.15) is 5.56 Å². The first-order valence-electron chi connectivity index (χ1n) is 6.86. The van der Waals surface area contributed by atoms with Crippen molar-refractivity contribution in [3.63, 3.8) is 0 Å². The van der Waals surface area contributed by atoms with E-state index in [1.54, 1.807) is 42.5 Å². The van der Waals surface area contributed by atoms with Crippen LogP contribution in [-0.2, 0) is 4.79 Å². The average molecular weight is 328 g/mol. The molecule has 1 fully saturated rings. The van der Waals surface area contributed by atoms with Crippen molar-refractivity contribution in [1.29, 1.82) is 0 Å². The third-order valence-electron chi connectivity index (χ3n) is 3.41. The zero-order chi connectivity index (χ0) is 16.4. The number of amides is 1. The lowest BCUT2D eigenvalue weighted by Crippen LogP contribution is -2.30. The number of rotatable bonds is 3. The molecular weight excluding hydrogens is 315 g/mol. The number of ether oxygens (including phenoxy) is 1. The van der Waals surface area contributed by atoms with Crippen molar-refractivity contribution in [1.82, 2.24) is 5.32 Å². The highest BCUT2D eigenvalue weighted by Gasteiger charge is 2.33. The summed E-state index contributed by atoms with van der Waals surface area (Å²) >= 11 is 5.24. The van der Waals surface area contributed by atoms with Gasteiger partial charge in [0.05, 0.1) is 12.8 Å². The minimum Gasteiger partial charge on any atom is -0.495 e. The highest BCUT2D eigenvalue weighted by molar-refractivity contribution is 7.80. The topological polar surface area (TPSA) is 41.6 Å². The fourth-order valence-corrected chi connectivity index (χ4v) is 2.61. The lowest BCUT2D eigenvalue weighted by Gasteiger charge is -2.17. The van der Waals surface area contributed by atoms with Gasteiger partial charge in [-0.1, -0.05) is 30.3 Å². The zero-order valence-electron chi connectivity index (χ0n) is 12.2. The number of carbonyl (C=O) groups is 1. The maximum absolute atomic E-state index is 13.8. The van der Waals surface area contributed by atoms with Gasteiger partial charge < -0.3 is 10.1 Å². The molecule has 3 rings (SSSR count). The summed E-state index contributed by atoms with van der Waals surface area (Å²) in [5.74, 6) is -0.240. The van der Waals surface area contributed by atoms with Crippen molar-refractivity contribution < 1.29 is 13.9 Å². The number of benzene rings is 2. The number of thiocarbonyl (C=S) groups is 1. The highest BCUT2D eigenvalue weighted by Crippen LogP contribution is 2.31. The smallest absolute Gasteiger partial charge is 0.281 e. The van der Waals surface area contributed by atoms with E-state index in [0.717, 1.165) is 0 Å². The molecule has 0 aliphatic carbocycles. The first kappa shape index (κ1) is 15.2. The van der Waals surface area contributed by atoms with Crippen LogP contribution in [0.3, 0.4) is 0 Å². The Morgan fingerprint density at radius 1 is 1.17 bits per heavy atom. The average Bonchev–Trinajstić information content (AvgIpc) is 2.83. The second kappa shape index (κ2) is 6.18. The molecular formula is C17H13FN2O2S. The van der Waals surface area contributed by atoms with E-state index in [9.17, 15) is 9.18 Å². The van der Waals surface area contributed by atoms with Gasteiger partial charge in [-0.25, -0.2) is 9.29 Å². The summed E-state index contributed by atoms with van der Waals surface area (Å²) < 4.78 is 19.0. The quantitative estimate of drug-likeness (QED) is 0.694. The Kier molecular flexibility index (Phi) is 4.08. The van der Waals surface area contributed by atoms with E-state index in [4.69, 9.17) is 17.0 Å². The molecule has 2 aromatic rings. The summed E-state index contributed by atoms with van der Waals surface area (Å²) in [5.41, 5.74) is 1.06. The maximum atomic E-state index is 13.8. The molecule has 0 spiro atoms. The minimum absolute atomic E-state index is 0.214. The molecule has 1 aliphatic rings. The van der Waals surface area contributed by atoms with Gasteiger partial charge in [0, 0.05) is 5.56 Å². The van der Waals surface area contributed by atoms with Crippen molar-refractivity contribution in [2.24, 2.45) is 0 Å². The molecule has 116 valence electrons. The number of nitrogens with one attached hydrogen (secondary N) is 1. The summed E-state index contributed by atoms with van der Waals surface area (Å²) in [7, 11) is 1.52. The molecule has 0 atom stereocenters. The lowest BCUT2D eigenvalue weighted by atomic mass is 10.1. The second-order valence-corrected chi connectivity index (χ2v) is 5.21. The first-order chi connectivity index (χ1) is 11.1. The maximum Gasteiger partial charge on any atom is 0.281 e. The SMILES string of the molecule is COc1ccccc1N1C(=O)/C(=C\c2ccccc2F)NC1=S. The predicted octanol–water partition coefficient (Wildman–Crippen LogP) is 3.10. The minimum atomic E-state index is -0.406. The molecule has 0 aromatic heterocycles. The van der Waals surface area contributed by atoms with Gasteiger partial charge in [-0.05, 0) is 36.5 Å². The third-order valence-corrected chi connectivity index (χ3v) is 3.69. The molecule has 4 nitrogen and oxygen atoms in total. The fourth-order valence-electron chi connectivity index (χ4n) is 2.32. The number of nitrogens with zero attached hydrogens (tertiary/aromatic N) is 1. The summed E-state index contributed by atoms with van der Waals surface area (Å²) in [4.78, 5) is 14.0. The van der Waals surface area contributed by atoms with Gasteiger partial charge in [0.1, 0.15) is 17.3 Å². The van der Waals surface area contributed by atoms with Crippen LogP contribution < -0.4 is 15.0 Å². The number of hydrogen-bond donors (Lipinski definition) is 1. The van der Waals surface area contributed by atoms with Crippen molar-refractivity contribution in [3.05, 3.63) is 65.6 Å². The van der Waals surface area contributed by atoms with E-state index in [1.807, 2.05) is 0 Å². The van der Waals surface area contributed by atoms with Gasteiger partial charge in [0.25, 0.3) is 5.91 Å². The van der Waals surface area contributed by atoms with Crippen LogP contribution in [0.4, 0.5) is 10.1 Å². The Labute approximate surface area is 138 Å². The summed E-state index contributed by atoms with van der Waals surface area (Å²) in [6.45, 7) is 0. The number of carbonyl (C=O) groups excluding carboxylic acids is 1. The van der Waals surface area contributed by atoms with E-state index < -0.39 is 5.82 Å². The Morgan fingerprint density at radius 2 is 1.87 bits per heavy atom. The van der Waals surface area contributed by atoms with Gasteiger partial charge >= 0.3 is 0 Å². The monoisotopic (exact) mass is 328 g/mol. The molecule has 2 aromatic carbocycles. The van der Waals surface area contributed by atoms with E-state index >= 15 is 0 Å². The standard InChI is InChI=1S/C17H13FN2O2S/c1-22-15-9-5-4-8-14(15)20-16(21)13(19-17(20)23)10-11-6-2-3-7-12(11)18/h2-10H,1H3,(H,19,23)/b13-10+. The van der Waals surface area contributed by atoms with Gasteiger partial charge in [-0.3, -0.25) is 4.79 Å². The molecule has 1 N–H and O–H groups in total. The summed E-state index contributed by atoms with van der Waals surface area (Å²) in [6.07, 6.45) is 1.44. The molecule has 0 saturated carbocycles. The Morgan fingerprint density at radius 3 is 2.61 bits per heavy atom. The third kappa shape index (κ3) is 2.80. The van der Waals surface area contributed by atoms with Crippen molar-refractivity contribution in [3.8, 4) is 5.75 Å². The number of hydrogen-bond acceptors (Lipinski definition) is 3. The normalized spacial score (nSPS) is 15.9. The summed E-state index contributed by atoms with van der Waals surface area (Å²) in [5, 5.41) is 3.05. The number of para-hydroxylation sites is 2. The van der Waals surface area contributed by atoms with Gasteiger partial charge in [0.15, 0.2) is 5.11 Å². The van der Waals surface area contributed by atoms with Crippen LogP contribution in [0.25, 0.3) is 6.08 Å². The van der Waals surface area contributed by atoms with Crippen molar-refractivity contribution in [2.45, 2.75) is 0 Å². The molecule has 0 unspecified atom stereocenters. The van der Waals surface area contributed by atoms with E-state index in [0.29, 0.717) is 17.0 Å². The zero-order valence-corrected chi connectivity index (χ0v) is 13.1. The molecule has 1 aliphatic heterocycles. The highest BCUT2D eigenvalue weighted by atomic mass is 32.1. The molecule has 0 bridgehead atoms. The van der Waals surface area contributed by atoms with Crippen molar-refractivity contribution >= 4 is 35.0 Å². The Bertz CT molecular complexity index is 820.